The standard InChI is InChI=1S/C21H30N4O/c1-24-10-8-18-15(12-24)11-22-20(23-18)14-5-4-9-25(13-14)21(26)19-16-6-2-3-7-17(16)19/h11,14,16-17,19H,2-10,12-13H2,1H3/t14-,16+,17+/m1/s1. The Kier molecular flexibility index (Phi) is 4.23. The zero-order valence-electron chi connectivity index (χ0n) is 15.9. The first-order chi connectivity index (χ1) is 12.7. The normalized spacial score (nSPS) is 34.1. The molecule has 0 aromatic carbocycles. The summed E-state index contributed by atoms with van der Waals surface area (Å²) in [4.78, 5) is 27.1. The monoisotopic (exact) mass is 354 g/mol. The lowest BCUT2D eigenvalue weighted by Gasteiger charge is -2.33. The SMILES string of the molecule is CN1CCc2nc([C@@H]3CCCN(C(=O)C4[C@H]5CCCC[C@H]45)C3)ncc2C1. The van der Waals surface area contributed by atoms with Gasteiger partial charge >= 0.3 is 0 Å². The van der Waals surface area contributed by atoms with E-state index in [-0.39, 0.29) is 0 Å². The highest BCUT2D eigenvalue weighted by Crippen LogP contribution is 2.56. The van der Waals surface area contributed by atoms with Crippen molar-refractivity contribution in [3.8, 4) is 0 Å². The molecular formula is C21H30N4O. The van der Waals surface area contributed by atoms with Crippen LogP contribution in [0.15, 0.2) is 6.20 Å². The molecule has 0 N–H and O–H groups in total. The first-order valence-corrected chi connectivity index (χ1v) is 10.5. The Bertz CT molecular complexity index is 693. The number of carbonyl (C=O) groups excluding carboxylic acids is 1. The van der Waals surface area contributed by atoms with Crippen molar-refractivity contribution in [1.29, 1.82) is 0 Å². The van der Waals surface area contributed by atoms with Gasteiger partial charge in [-0.25, -0.2) is 9.97 Å². The number of piperidine rings is 1. The van der Waals surface area contributed by atoms with Gasteiger partial charge in [0.05, 0.1) is 0 Å². The smallest absolute Gasteiger partial charge is 0.226 e. The predicted molar refractivity (Wildman–Crippen MR) is 99.6 cm³/mol. The van der Waals surface area contributed by atoms with Gasteiger partial charge in [-0.15, -0.1) is 0 Å². The molecule has 3 heterocycles. The zero-order valence-corrected chi connectivity index (χ0v) is 15.9. The van der Waals surface area contributed by atoms with E-state index in [1.54, 1.807) is 0 Å². The highest BCUT2D eigenvalue weighted by atomic mass is 16.2. The summed E-state index contributed by atoms with van der Waals surface area (Å²) in [5, 5.41) is 0. The van der Waals surface area contributed by atoms with Crippen LogP contribution in [0, 0.1) is 17.8 Å². The van der Waals surface area contributed by atoms with Crippen molar-refractivity contribution in [3.05, 3.63) is 23.3 Å². The number of amides is 1. The maximum Gasteiger partial charge on any atom is 0.226 e. The minimum atomic E-state index is 0.318. The van der Waals surface area contributed by atoms with Crippen LogP contribution < -0.4 is 0 Å². The fourth-order valence-corrected chi connectivity index (χ4v) is 5.63. The van der Waals surface area contributed by atoms with E-state index in [0.29, 0.717) is 29.6 Å². The van der Waals surface area contributed by atoms with Crippen molar-refractivity contribution in [3.63, 3.8) is 0 Å². The van der Waals surface area contributed by atoms with E-state index in [9.17, 15) is 4.79 Å². The molecule has 5 nitrogen and oxygen atoms in total. The van der Waals surface area contributed by atoms with Gasteiger partial charge in [0.25, 0.3) is 0 Å². The fraction of sp³-hybridized carbons (Fsp3) is 0.762. The summed E-state index contributed by atoms with van der Waals surface area (Å²) in [6, 6.07) is 0. The average Bonchev–Trinajstić information content (AvgIpc) is 3.41. The molecule has 26 heavy (non-hydrogen) atoms. The molecule has 2 aliphatic carbocycles. The number of fused-ring (bicyclic) bond motifs is 2. The Hall–Kier alpha value is -1.49. The molecule has 1 aromatic heterocycles. The maximum atomic E-state index is 13.1. The van der Waals surface area contributed by atoms with Gasteiger partial charge in [-0.1, -0.05) is 12.8 Å². The van der Waals surface area contributed by atoms with Crippen LogP contribution in [-0.4, -0.2) is 52.4 Å². The van der Waals surface area contributed by atoms with Gasteiger partial charge in [-0.3, -0.25) is 4.79 Å². The van der Waals surface area contributed by atoms with E-state index in [2.05, 4.69) is 16.8 Å². The summed E-state index contributed by atoms with van der Waals surface area (Å²) in [6.07, 6.45) is 10.5. The topological polar surface area (TPSA) is 49.3 Å². The van der Waals surface area contributed by atoms with Crippen molar-refractivity contribution in [2.24, 2.45) is 17.8 Å². The van der Waals surface area contributed by atoms with E-state index >= 15 is 0 Å². The van der Waals surface area contributed by atoms with Crippen LogP contribution in [0.25, 0.3) is 0 Å². The molecule has 0 unspecified atom stereocenters. The third-order valence-electron chi connectivity index (χ3n) is 7.18. The molecule has 1 aromatic rings. The summed E-state index contributed by atoms with van der Waals surface area (Å²) in [6.45, 7) is 3.78. The van der Waals surface area contributed by atoms with E-state index in [1.807, 2.05) is 6.20 Å². The van der Waals surface area contributed by atoms with E-state index in [0.717, 1.165) is 51.3 Å². The predicted octanol–water partition coefficient (Wildman–Crippen LogP) is 2.61. The Morgan fingerprint density at radius 2 is 1.92 bits per heavy atom. The quantitative estimate of drug-likeness (QED) is 0.819. The van der Waals surface area contributed by atoms with E-state index in [4.69, 9.17) is 9.97 Å². The molecule has 0 bridgehead atoms. The van der Waals surface area contributed by atoms with Gasteiger partial charge in [-0.05, 0) is 44.6 Å². The Labute approximate surface area is 156 Å². The first-order valence-electron chi connectivity index (χ1n) is 10.5. The Morgan fingerprint density at radius 3 is 2.73 bits per heavy atom. The van der Waals surface area contributed by atoms with Crippen LogP contribution in [-0.2, 0) is 17.8 Å². The van der Waals surface area contributed by atoms with Gasteiger partial charge in [-0.2, -0.15) is 0 Å². The molecule has 3 fully saturated rings. The number of hydrogen-bond acceptors (Lipinski definition) is 4. The van der Waals surface area contributed by atoms with Crippen molar-refractivity contribution in [1.82, 2.24) is 19.8 Å². The number of nitrogens with zero attached hydrogens (tertiary/aromatic N) is 4. The summed E-state index contributed by atoms with van der Waals surface area (Å²) < 4.78 is 0. The molecular weight excluding hydrogens is 324 g/mol. The lowest BCUT2D eigenvalue weighted by Crippen LogP contribution is -2.41. The second-order valence-corrected chi connectivity index (χ2v) is 8.95. The van der Waals surface area contributed by atoms with Crippen molar-refractivity contribution < 1.29 is 4.79 Å². The number of likely N-dealkylation sites (tertiary alicyclic amines) is 1. The minimum absolute atomic E-state index is 0.318. The fourth-order valence-electron chi connectivity index (χ4n) is 5.63. The van der Waals surface area contributed by atoms with Crippen LogP contribution in [0.1, 0.15) is 61.5 Å². The first kappa shape index (κ1) is 16.7. The Morgan fingerprint density at radius 1 is 1.12 bits per heavy atom. The average molecular weight is 354 g/mol. The van der Waals surface area contributed by atoms with E-state index in [1.165, 1.54) is 36.9 Å². The van der Waals surface area contributed by atoms with Gasteiger partial charge in [0.1, 0.15) is 5.82 Å². The van der Waals surface area contributed by atoms with Gasteiger partial charge < -0.3 is 9.80 Å². The molecule has 0 spiro atoms. The number of hydrogen-bond donors (Lipinski definition) is 0. The molecule has 3 atom stereocenters. The highest BCUT2D eigenvalue weighted by Gasteiger charge is 2.56. The molecule has 140 valence electrons. The molecule has 5 rings (SSSR count). The number of carbonyl (C=O) groups is 1. The summed E-state index contributed by atoms with van der Waals surface area (Å²) in [7, 11) is 2.15. The Balaban J connectivity index is 1.28. The zero-order chi connectivity index (χ0) is 17.7. The second kappa shape index (κ2) is 6.59. The van der Waals surface area contributed by atoms with Crippen molar-refractivity contribution >= 4 is 5.91 Å². The van der Waals surface area contributed by atoms with Gasteiger partial charge in [0.15, 0.2) is 0 Å². The lowest BCUT2D eigenvalue weighted by molar-refractivity contribution is -0.134. The molecule has 0 radical (unpaired) electrons. The third kappa shape index (κ3) is 2.94. The minimum Gasteiger partial charge on any atom is -0.342 e. The number of rotatable bonds is 2. The van der Waals surface area contributed by atoms with Crippen LogP contribution in [0.4, 0.5) is 0 Å². The van der Waals surface area contributed by atoms with E-state index < -0.39 is 0 Å². The van der Waals surface area contributed by atoms with Crippen molar-refractivity contribution in [2.45, 2.75) is 57.4 Å². The van der Waals surface area contributed by atoms with Crippen molar-refractivity contribution in [2.75, 3.05) is 26.7 Å². The molecule has 1 saturated heterocycles. The van der Waals surface area contributed by atoms with Gasteiger partial charge in [0, 0.05) is 61.9 Å². The van der Waals surface area contributed by atoms with Gasteiger partial charge in [0.2, 0.25) is 5.91 Å². The summed E-state index contributed by atoms with van der Waals surface area (Å²) in [5.41, 5.74) is 2.50. The number of likely N-dealkylation sites (N-methyl/N-ethyl adjacent to an activating group) is 1. The molecule has 1 amide bonds. The maximum absolute atomic E-state index is 13.1. The van der Waals surface area contributed by atoms with Crippen LogP contribution in [0.3, 0.4) is 0 Å². The molecule has 5 heteroatoms. The molecule has 4 aliphatic rings. The molecule has 2 aliphatic heterocycles. The largest absolute Gasteiger partial charge is 0.342 e. The summed E-state index contributed by atoms with van der Waals surface area (Å²) in [5.74, 6) is 3.47. The van der Waals surface area contributed by atoms with Crippen LogP contribution >= 0.6 is 0 Å². The summed E-state index contributed by atoms with van der Waals surface area (Å²) >= 11 is 0. The van der Waals surface area contributed by atoms with Crippen LogP contribution in [0.2, 0.25) is 0 Å². The second-order valence-electron chi connectivity index (χ2n) is 8.95. The third-order valence-corrected chi connectivity index (χ3v) is 7.18. The molecule has 2 saturated carbocycles. The van der Waals surface area contributed by atoms with Crippen LogP contribution in [0.5, 0.6) is 0 Å². The lowest BCUT2D eigenvalue weighted by atomic mass is 9.96. The number of aromatic nitrogens is 2. The highest BCUT2D eigenvalue weighted by molar-refractivity contribution is 5.82.